The zero-order valence-corrected chi connectivity index (χ0v) is 10.7. The first-order valence-corrected chi connectivity index (χ1v) is 6.18. The summed E-state index contributed by atoms with van der Waals surface area (Å²) >= 11 is 0. The van der Waals surface area contributed by atoms with Gasteiger partial charge in [0.1, 0.15) is 18.2 Å². The van der Waals surface area contributed by atoms with E-state index in [0.717, 1.165) is 12.0 Å². The minimum absolute atomic E-state index is 0.227. The molecular formula is C16H15FO2. The molecule has 0 heterocycles. The van der Waals surface area contributed by atoms with E-state index in [-0.39, 0.29) is 5.56 Å². The van der Waals surface area contributed by atoms with E-state index in [9.17, 15) is 9.18 Å². The summed E-state index contributed by atoms with van der Waals surface area (Å²) in [6.45, 7) is 2.46. The number of aryl methyl sites for hydroxylation is 1. The fraction of sp³-hybridized carbons (Fsp3) is 0.188. The lowest BCUT2D eigenvalue weighted by atomic mass is 10.1. The molecule has 0 fully saturated rings. The van der Waals surface area contributed by atoms with Crippen molar-refractivity contribution >= 4 is 6.29 Å². The topological polar surface area (TPSA) is 26.3 Å². The Hall–Kier alpha value is -2.16. The van der Waals surface area contributed by atoms with Crippen molar-refractivity contribution in [3.8, 4) is 5.75 Å². The van der Waals surface area contributed by atoms with E-state index < -0.39 is 5.82 Å². The Bertz CT molecular complexity index is 561. The highest BCUT2D eigenvalue weighted by atomic mass is 19.1. The van der Waals surface area contributed by atoms with Crippen LogP contribution < -0.4 is 4.74 Å². The highest BCUT2D eigenvalue weighted by Gasteiger charge is 2.05. The molecule has 98 valence electrons. The lowest BCUT2D eigenvalue weighted by molar-refractivity contribution is 0.111. The van der Waals surface area contributed by atoms with E-state index in [1.807, 2.05) is 24.3 Å². The molecule has 0 aliphatic rings. The lowest BCUT2D eigenvalue weighted by Gasteiger charge is -2.09. The maximum atomic E-state index is 13.0. The van der Waals surface area contributed by atoms with Crippen LogP contribution in [0.15, 0.2) is 42.5 Å². The molecule has 0 radical (unpaired) electrons. The summed E-state index contributed by atoms with van der Waals surface area (Å²) in [5.41, 5.74) is 2.50. The molecule has 0 aromatic heterocycles. The first-order chi connectivity index (χ1) is 9.22. The van der Waals surface area contributed by atoms with Gasteiger partial charge in [-0.25, -0.2) is 4.39 Å². The number of rotatable bonds is 5. The third kappa shape index (κ3) is 3.41. The van der Waals surface area contributed by atoms with Crippen LogP contribution in [0.25, 0.3) is 0 Å². The Kier molecular flexibility index (Phi) is 4.29. The van der Waals surface area contributed by atoms with Crippen LogP contribution in [0.4, 0.5) is 4.39 Å². The number of carbonyl (C=O) groups excluding carboxylic acids is 1. The predicted molar refractivity (Wildman–Crippen MR) is 71.9 cm³/mol. The summed E-state index contributed by atoms with van der Waals surface area (Å²) in [5.74, 6) is -0.0438. The second kappa shape index (κ2) is 6.14. The minimum Gasteiger partial charge on any atom is -0.488 e. The van der Waals surface area contributed by atoms with Crippen molar-refractivity contribution in [2.75, 3.05) is 0 Å². The van der Waals surface area contributed by atoms with Gasteiger partial charge in [0.2, 0.25) is 0 Å². The van der Waals surface area contributed by atoms with Crippen LogP contribution in [0.3, 0.4) is 0 Å². The van der Waals surface area contributed by atoms with Gasteiger partial charge in [0.05, 0.1) is 5.56 Å². The summed E-state index contributed by atoms with van der Waals surface area (Å²) in [6.07, 6.45) is 1.59. The van der Waals surface area contributed by atoms with Gasteiger partial charge in [0.15, 0.2) is 6.29 Å². The molecule has 0 aliphatic carbocycles. The van der Waals surface area contributed by atoms with E-state index in [4.69, 9.17) is 4.74 Å². The first-order valence-electron chi connectivity index (χ1n) is 6.18. The van der Waals surface area contributed by atoms with E-state index in [1.54, 1.807) is 0 Å². The zero-order chi connectivity index (χ0) is 13.7. The third-order valence-electron chi connectivity index (χ3n) is 2.92. The number of halogens is 1. The van der Waals surface area contributed by atoms with Crippen LogP contribution in [0, 0.1) is 5.82 Å². The van der Waals surface area contributed by atoms with Crippen LogP contribution >= 0.6 is 0 Å². The molecule has 0 saturated carbocycles. The largest absolute Gasteiger partial charge is 0.488 e. The molecule has 0 aliphatic heterocycles. The van der Waals surface area contributed by atoms with Crippen molar-refractivity contribution in [3.63, 3.8) is 0 Å². The molecule has 0 bridgehead atoms. The van der Waals surface area contributed by atoms with Gasteiger partial charge >= 0.3 is 0 Å². The van der Waals surface area contributed by atoms with Gasteiger partial charge in [0.25, 0.3) is 0 Å². The number of aldehydes is 1. The summed E-state index contributed by atoms with van der Waals surface area (Å²) in [7, 11) is 0. The molecule has 19 heavy (non-hydrogen) atoms. The number of hydrogen-bond donors (Lipinski definition) is 0. The van der Waals surface area contributed by atoms with Gasteiger partial charge in [0, 0.05) is 0 Å². The molecule has 0 saturated heterocycles. The highest BCUT2D eigenvalue weighted by molar-refractivity contribution is 5.79. The van der Waals surface area contributed by atoms with Gasteiger partial charge in [-0.15, -0.1) is 0 Å². The fourth-order valence-electron chi connectivity index (χ4n) is 1.78. The normalized spacial score (nSPS) is 10.2. The molecule has 0 amide bonds. The van der Waals surface area contributed by atoms with E-state index in [2.05, 4.69) is 6.92 Å². The molecular weight excluding hydrogens is 243 g/mol. The standard InChI is InChI=1S/C16H15FO2/c1-2-12-3-5-13(6-4-12)11-19-16-8-7-15(17)9-14(16)10-18/h3-10H,2,11H2,1H3. The lowest BCUT2D eigenvalue weighted by Crippen LogP contribution is -1.99. The van der Waals surface area contributed by atoms with Crippen molar-refractivity contribution < 1.29 is 13.9 Å². The van der Waals surface area contributed by atoms with E-state index in [1.165, 1.54) is 23.8 Å². The minimum atomic E-state index is -0.443. The van der Waals surface area contributed by atoms with Crippen LogP contribution in [-0.2, 0) is 13.0 Å². The number of hydrogen-bond acceptors (Lipinski definition) is 2. The Labute approximate surface area is 111 Å². The maximum Gasteiger partial charge on any atom is 0.153 e. The monoisotopic (exact) mass is 258 g/mol. The molecule has 2 aromatic rings. The second-order valence-electron chi connectivity index (χ2n) is 4.26. The summed E-state index contributed by atoms with van der Waals surface area (Å²) in [6, 6.07) is 12.0. The van der Waals surface area contributed by atoms with Crippen LogP contribution in [0.1, 0.15) is 28.4 Å². The van der Waals surface area contributed by atoms with Crippen LogP contribution in [0.2, 0.25) is 0 Å². The van der Waals surface area contributed by atoms with Gasteiger partial charge in [-0.05, 0) is 35.7 Å². The van der Waals surface area contributed by atoms with Crippen molar-refractivity contribution in [3.05, 3.63) is 65.0 Å². The van der Waals surface area contributed by atoms with Gasteiger partial charge in [-0.1, -0.05) is 31.2 Å². The van der Waals surface area contributed by atoms with Crippen LogP contribution in [-0.4, -0.2) is 6.29 Å². The molecule has 2 nitrogen and oxygen atoms in total. The van der Waals surface area contributed by atoms with E-state index >= 15 is 0 Å². The molecule has 0 unspecified atom stereocenters. The van der Waals surface area contributed by atoms with Crippen molar-refractivity contribution in [2.45, 2.75) is 20.0 Å². The molecule has 0 spiro atoms. The average molecular weight is 258 g/mol. The quantitative estimate of drug-likeness (QED) is 0.763. The molecule has 2 aromatic carbocycles. The van der Waals surface area contributed by atoms with Crippen molar-refractivity contribution in [1.29, 1.82) is 0 Å². The van der Waals surface area contributed by atoms with E-state index in [0.29, 0.717) is 18.6 Å². The SMILES string of the molecule is CCc1ccc(COc2ccc(F)cc2C=O)cc1. The number of carbonyl (C=O) groups is 1. The fourth-order valence-corrected chi connectivity index (χ4v) is 1.78. The second-order valence-corrected chi connectivity index (χ2v) is 4.26. The smallest absolute Gasteiger partial charge is 0.153 e. The van der Waals surface area contributed by atoms with Crippen molar-refractivity contribution in [1.82, 2.24) is 0 Å². The van der Waals surface area contributed by atoms with Gasteiger partial charge in [-0.2, -0.15) is 0 Å². The molecule has 0 atom stereocenters. The summed E-state index contributed by atoms with van der Waals surface area (Å²) in [5, 5.41) is 0. The van der Waals surface area contributed by atoms with Crippen LogP contribution in [0.5, 0.6) is 5.75 Å². The molecule has 2 rings (SSSR count). The zero-order valence-electron chi connectivity index (χ0n) is 10.7. The first kappa shape index (κ1) is 13.3. The summed E-state index contributed by atoms with van der Waals surface area (Å²) < 4.78 is 18.5. The highest BCUT2D eigenvalue weighted by Crippen LogP contribution is 2.19. The average Bonchev–Trinajstić information content (AvgIpc) is 2.46. The maximum absolute atomic E-state index is 13.0. The number of ether oxygens (including phenoxy) is 1. The summed E-state index contributed by atoms with van der Waals surface area (Å²) in [4.78, 5) is 10.8. The third-order valence-corrected chi connectivity index (χ3v) is 2.92. The Morgan fingerprint density at radius 2 is 1.79 bits per heavy atom. The Balaban J connectivity index is 2.07. The Morgan fingerprint density at radius 1 is 1.11 bits per heavy atom. The van der Waals surface area contributed by atoms with Gasteiger partial charge < -0.3 is 4.74 Å². The van der Waals surface area contributed by atoms with Crippen molar-refractivity contribution in [2.24, 2.45) is 0 Å². The Morgan fingerprint density at radius 3 is 2.42 bits per heavy atom. The predicted octanol–water partition coefficient (Wildman–Crippen LogP) is 3.78. The molecule has 0 N–H and O–H groups in total. The van der Waals surface area contributed by atoms with Gasteiger partial charge in [-0.3, -0.25) is 4.79 Å². The molecule has 3 heteroatoms. The number of benzene rings is 2.